The Bertz CT molecular complexity index is 667. The van der Waals surface area contributed by atoms with Crippen LogP contribution in [0.3, 0.4) is 0 Å². The number of anilines is 1. The molecule has 3 aliphatic rings. The van der Waals surface area contributed by atoms with Gasteiger partial charge in [-0.1, -0.05) is 13.8 Å². The molecule has 1 atom stereocenters. The number of likely N-dealkylation sites (tertiary alicyclic amines) is 1. The maximum Gasteiger partial charge on any atom is 0.251 e. The Kier molecular flexibility index (Phi) is 4.27. The average molecular weight is 341 g/mol. The maximum atomic E-state index is 12.6. The minimum atomic E-state index is 0.0682. The van der Waals surface area contributed by atoms with Gasteiger partial charge in [-0.15, -0.1) is 0 Å². The summed E-state index contributed by atoms with van der Waals surface area (Å²) < 4.78 is 0. The number of amides is 1. The van der Waals surface area contributed by atoms with E-state index in [2.05, 4.69) is 48.1 Å². The van der Waals surface area contributed by atoms with Gasteiger partial charge in [0.1, 0.15) is 0 Å². The second kappa shape index (κ2) is 6.31. The molecule has 1 unspecified atom stereocenters. The Labute approximate surface area is 151 Å². The van der Waals surface area contributed by atoms with Gasteiger partial charge in [-0.05, 0) is 68.5 Å². The highest BCUT2D eigenvalue weighted by Crippen LogP contribution is 2.47. The van der Waals surface area contributed by atoms with E-state index in [-0.39, 0.29) is 11.3 Å². The van der Waals surface area contributed by atoms with Crippen molar-refractivity contribution in [2.75, 3.05) is 44.7 Å². The van der Waals surface area contributed by atoms with Crippen LogP contribution in [-0.2, 0) is 5.41 Å². The van der Waals surface area contributed by atoms with E-state index in [0.29, 0.717) is 5.92 Å². The molecule has 1 N–H and O–H groups in total. The Morgan fingerprint density at radius 1 is 1.32 bits per heavy atom. The van der Waals surface area contributed by atoms with Crippen LogP contribution in [0, 0.1) is 11.8 Å². The van der Waals surface area contributed by atoms with Gasteiger partial charge in [-0.25, -0.2) is 0 Å². The van der Waals surface area contributed by atoms with E-state index in [0.717, 1.165) is 37.7 Å². The zero-order valence-electron chi connectivity index (χ0n) is 15.8. The maximum absolute atomic E-state index is 12.6. The minimum Gasteiger partial charge on any atom is -0.370 e. The van der Waals surface area contributed by atoms with Gasteiger partial charge in [-0.3, -0.25) is 4.79 Å². The SMILES string of the molecule is CC(C)CNC(=O)c1ccc2c(c1)C1(CCN(C)C1)CN2CC1CC1. The summed E-state index contributed by atoms with van der Waals surface area (Å²) in [7, 11) is 2.22. The van der Waals surface area contributed by atoms with Crippen LogP contribution in [0.1, 0.15) is 49.0 Å². The van der Waals surface area contributed by atoms with Crippen molar-refractivity contribution < 1.29 is 4.79 Å². The quantitative estimate of drug-likeness (QED) is 0.894. The number of likely N-dealkylation sites (N-methyl/N-ethyl adjacent to an activating group) is 1. The Balaban J connectivity index is 1.62. The fraction of sp³-hybridized carbons (Fsp3) is 0.667. The summed E-state index contributed by atoms with van der Waals surface area (Å²) in [6, 6.07) is 6.41. The van der Waals surface area contributed by atoms with Crippen LogP contribution < -0.4 is 10.2 Å². The predicted octanol–water partition coefficient (Wildman–Crippen LogP) is 2.88. The summed E-state index contributed by atoms with van der Waals surface area (Å²) in [5.74, 6) is 1.43. The van der Waals surface area contributed by atoms with Crippen molar-refractivity contribution in [3.63, 3.8) is 0 Å². The van der Waals surface area contributed by atoms with Gasteiger partial charge in [0, 0.05) is 42.8 Å². The lowest BCUT2D eigenvalue weighted by molar-refractivity contribution is 0.0949. The Morgan fingerprint density at radius 3 is 2.76 bits per heavy atom. The molecule has 0 radical (unpaired) electrons. The van der Waals surface area contributed by atoms with E-state index < -0.39 is 0 Å². The molecule has 1 aliphatic carbocycles. The van der Waals surface area contributed by atoms with Crippen LogP contribution >= 0.6 is 0 Å². The van der Waals surface area contributed by atoms with Crippen molar-refractivity contribution >= 4 is 11.6 Å². The van der Waals surface area contributed by atoms with E-state index in [1.165, 1.54) is 37.1 Å². The second-order valence-electron chi connectivity index (χ2n) is 8.93. The van der Waals surface area contributed by atoms with Crippen molar-refractivity contribution in [2.45, 2.75) is 38.5 Å². The number of nitrogens with zero attached hydrogens (tertiary/aromatic N) is 2. The summed E-state index contributed by atoms with van der Waals surface area (Å²) >= 11 is 0. The standard InChI is InChI=1S/C21H31N3O/c1-15(2)11-22-20(25)17-6-7-19-18(10-17)21(8-9-23(3)13-21)14-24(19)12-16-4-5-16/h6-7,10,15-16H,4-5,8-9,11-14H2,1-3H3,(H,22,25). The first-order valence-corrected chi connectivity index (χ1v) is 9.83. The molecule has 2 heterocycles. The monoisotopic (exact) mass is 341 g/mol. The molecular weight excluding hydrogens is 310 g/mol. The van der Waals surface area contributed by atoms with E-state index >= 15 is 0 Å². The summed E-state index contributed by atoms with van der Waals surface area (Å²) in [6.45, 7) is 9.57. The highest BCUT2D eigenvalue weighted by Gasteiger charge is 2.47. The number of benzene rings is 1. The van der Waals surface area contributed by atoms with Crippen molar-refractivity contribution in [3.8, 4) is 0 Å². The Hall–Kier alpha value is -1.55. The molecule has 1 aromatic rings. The molecular formula is C21H31N3O. The number of carbonyl (C=O) groups excluding carboxylic acids is 1. The van der Waals surface area contributed by atoms with Gasteiger partial charge < -0.3 is 15.1 Å². The molecule has 4 nitrogen and oxygen atoms in total. The lowest BCUT2D eigenvalue weighted by Gasteiger charge is -2.26. The van der Waals surface area contributed by atoms with Crippen LogP contribution in [0.2, 0.25) is 0 Å². The van der Waals surface area contributed by atoms with E-state index in [4.69, 9.17) is 0 Å². The third kappa shape index (κ3) is 3.29. The van der Waals surface area contributed by atoms with E-state index in [9.17, 15) is 4.79 Å². The average Bonchev–Trinajstić information content (AvgIpc) is 3.25. The van der Waals surface area contributed by atoms with Gasteiger partial charge in [-0.2, -0.15) is 0 Å². The number of nitrogens with one attached hydrogen (secondary N) is 1. The smallest absolute Gasteiger partial charge is 0.251 e. The third-order valence-corrected chi connectivity index (χ3v) is 6.06. The molecule has 4 rings (SSSR count). The van der Waals surface area contributed by atoms with E-state index in [1.807, 2.05) is 6.07 Å². The molecule has 2 aliphatic heterocycles. The summed E-state index contributed by atoms with van der Waals surface area (Å²) in [4.78, 5) is 17.6. The lowest BCUT2D eigenvalue weighted by atomic mass is 9.81. The molecule has 1 aromatic carbocycles. The highest BCUT2D eigenvalue weighted by molar-refractivity contribution is 5.95. The molecule has 2 fully saturated rings. The van der Waals surface area contributed by atoms with Gasteiger partial charge in [0.15, 0.2) is 0 Å². The van der Waals surface area contributed by atoms with Gasteiger partial charge in [0.2, 0.25) is 0 Å². The summed E-state index contributed by atoms with van der Waals surface area (Å²) in [5, 5.41) is 3.07. The minimum absolute atomic E-state index is 0.0682. The van der Waals surface area contributed by atoms with Crippen molar-refractivity contribution in [3.05, 3.63) is 29.3 Å². The predicted molar refractivity (Wildman–Crippen MR) is 102 cm³/mol. The van der Waals surface area contributed by atoms with Crippen LogP contribution in [0.5, 0.6) is 0 Å². The molecule has 0 bridgehead atoms. The van der Waals surface area contributed by atoms with Gasteiger partial charge in [0.25, 0.3) is 5.91 Å². The van der Waals surface area contributed by atoms with Gasteiger partial charge >= 0.3 is 0 Å². The molecule has 0 aromatic heterocycles. The van der Waals surface area contributed by atoms with Crippen molar-refractivity contribution in [1.29, 1.82) is 0 Å². The van der Waals surface area contributed by atoms with Crippen LogP contribution in [-0.4, -0.2) is 50.6 Å². The molecule has 25 heavy (non-hydrogen) atoms. The topological polar surface area (TPSA) is 35.6 Å². The zero-order valence-corrected chi connectivity index (χ0v) is 15.8. The highest BCUT2D eigenvalue weighted by atomic mass is 16.1. The zero-order chi connectivity index (χ0) is 17.6. The molecule has 136 valence electrons. The molecule has 1 saturated carbocycles. The summed E-state index contributed by atoms with van der Waals surface area (Å²) in [6.07, 6.45) is 3.97. The first kappa shape index (κ1) is 16.9. The number of hydrogen-bond acceptors (Lipinski definition) is 3. The number of fused-ring (bicyclic) bond motifs is 2. The fourth-order valence-electron chi connectivity index (χ4n) is 4.52. The number of rotatable bonds is 5. The van der Waals surface area contributed by atoms with Gasteiger partial charge in [0.05, 0.1) is 0 Å². The molecule has 1 amide bonds. The fourth-order valence-corrected chi connectivity index (χ4v) is 4.52. The molecule has 1 spiro atoms. The van der Waals surface area contributed by atoms with Crippen molar-refractivity contribution in [1.82, 2.24) is 10.2 Å². The van der Waals surface area contributed by atoms with E-state index in [1.54, 1.807) is 0 Å². The molecule has 4 heteroatoms. The summed E-state index contributed by atoms with van der Waals surface area (Å²) in [5.41, 5.74) is 3.83. The third-order valence-electron chi connectivity index (χ3n) is 6.06. The Morgan fingerprint density at radius 2 is 2.12 bits per heavy atom. The lowest BCUT2D eigenvalue weighted by Crippen LogP contribution is -2.36. The number of carbonyl (C=O) groups is 1. The number of hydrogen-bond donors (Lipinski definition) is 1. The second-order valence-corrected chi connectivity index (χ2v) is 8.93. The molecule has 1 saturated heterocycles. The van der Waals surface area contributed by atoms with Crippen LogP contribution in [0.4, 0.5) is 5.69 Å². The largest absolute Gasteiger partial charge is 0.370 e. The van der Waals surface area contributed by atoms with Crippen molar-refractivity contribution in [2.24, 2.45) is 11.8 Å². The van der Waals surface area contributed by atoms with Crippen LogP contribution in [0.15, 0.2) is 18.2 Å². The first-order chi connectivity index (χ1) is 12.0. The first-order valence-electron chi connectivity index (χ1n) is 9.83. The normalized spacial score (nSPS) is 25.8. The van der Waals surface area contributed by atoms with Crippen LogP contribution in [0.25, 0.3) is 0 Å².